The van der Waals surface area contributed by atoms with Gasteiger partial charge in [0.05, 0.1) is 0 Å². The molecule has 0 aromatic heterocycles. The Morgan fingerprint density at radius 2 is 2.38 bits per heavy atom. The van der Waals surface area contributed by atoms with E-state index in [2.05, 4.69) is 6.58 Å². The van der Waals surface area contributed by atoms with Gasteiger partial charge in [-0.05, 0) is 25.2 Å². The van der Waals surface area contributed by atoms with Crippen LogP contribution in [-0.4, -0.2) is 5.88 Å². The van der Waals surface area contributed by atoms with Crippen molar-refractivity contribution in [3.05, 3.63) is 12.2 Å². The molecule has 1 unspecified atom stereocenters. The van der Waals surface area contributed by atoms with E-state index < -0.39 is 0 Å². The second-order valence-electron chi connectivity index (χ2n) is 2.39. The molecular weight excluding hydrogens is 120 g/mol. The highest BCUT2D eigenvalue weighted by molar-refractivity contribution is 6.17. The maximum Gasteiger partial charge on any atom is 0.0223 e. The lowest BCUT2D eigenvalue weighted by Crippen LogP contribution is -1.77. The minimum atomic E-state index is 0.809. The zero-order chi connectivity index (χ0) is 5.98. The van der Waals surface area contributed by atoms with Gasteiger partial charge < -0.3 is 0 Å². The van der Waals surface area contributed by atoms with E-state index in [-0.39, 0.29) is 0 Å². The summed E-state index contributed by atoms with van der Waals surface area (Å²) in [5.41, 5.74) is 1.43. The van der Waals surface area contributed by atoms with Crippen LogP contribution in [0.25, 0.3) is 0 Å². The lowest BCUT2D eigenvalue weighted by Gasteiger charge is -1.87. The number of hydrogen-bond acceptors (Lipinski definition) is 0. The molecular formula is C7H11Cl. The summed E-state index contributed by atoms with van der Waals surface area (Å²) in [6, 6.07) is 0. The van der Waals surface area contributed by atoms with Gasteiger partial charge in [0, 0.05) is 5.88 Å². The van der Waals surface area contributed by atoms with Crippen LogP contribution in [0.5, 0.6) is 0 Å². The van der Waals surface area contributed by atoms with E-state index in [0.717, 1.165) is 18.2 Å². The molecule has 1 saturated carbocycles. The Bertz CT molecular complexity index is 96.6. The Morgan fingerprint density at radius 3 is 2.75 bits per heavy atom. The lowest BCUT2D eigenvalue weighted by molar-refractivity contribution is 0.731. The average molecular weight is 131 g/mol. The van der Waals surface area contributed by atoms with E-state index in [4.69, 9.17) is 11.6 Å². The van der Waals surface area contributed by atoms with E-state index in [1.807, 2.05) is 0 Å². The quantitative estimate of drug-likeness (QED) is 0.407. The molecule has 1 heteroatoms. The Labute approximate surface area is 55.5 Å². The Kier molecular flexibility index (Phi) is 1.95. The van der Waals surface area contributed by atoms with Crippen molar-refractivity contribution in [3.63, 3.8) is 0 Å². The standard InChI is InChI=1S/C7H11Cl/c1-6-5-7(6)3-2-4-8/h7H,1-5H2. The SMILES string of the molecule is C=C1CC1CCCCl. The minimum absolute atomic E-state index is 0.809. The van der Waals surface area contributed by atoms with Crippen molar-refractivity contribution in [2.45, 2.75) is 19.3 Å². The molecule has 0 aromatic rings. The molecule has 46 valence electrons. The second kappa shape index (κ2) is 2.54. The van der Waals surface area contributed by atoms with Crippen molar-refractivity contribution < 1.29 is 0 Å². The molecule has 0 aliphatic heterocycles. The van der Waals surface area contributed by atoms with Crippen LogP contribution in [0, 0.1) is 5.92 Å². The first-order chi connectivity index (χ1) is 3.84. The third kappa shape index (κ3) is 1.52. The fourth-order valence-electron chi connectivity index (χ4n) is 0.887. The van der Waals surface area contributed by atoms with E-state index in [0.29, 0.717) is 0 Å². The van der Waals surface area contributed by atoms with Crippen LogP contribution in [0.15, 0.2) is 12.2 Å². The number of alkyl halides is 1. The first-order valence-electron chi connectivity index (χ1n) is 3.08. The molecule has 0 saturated heterocycles. The van der Waals surface area contributed by atoms with Crippen LogP contribution < -0.4 is 0 Å². The van der Waals surface area contributed by atoms with Gasteiger partial charge in [-0.2, -0.15) is 0 Å². The minimum Gasteiger partial charge on any atom is -0.127 e. The van der Waals surface area contributed by atoms with Crippen molar-refractivity contribution in [3.8, 4) is 0 Å². The van der Waals surface area contributed by atoms with E-state index in [9.17, 15) is 0 Å². The molecule has 0 nitrogen and oxygen atoms in total. The summed E-state index contributed by atoms with van der Waals surface area (Å²) in [5, 5.41) is 0. The summed E-state index contributed by atoms with van der Waals surface area (Å²) in [5.74, 6) is 1.65. The summed E-state index contributed by atoms with van der Waals surface area (Å²) in [4.78, 5) is 0. The predicted octanol–water partition coefficient (Wildman–Crippen LogP) is 2.58. The monoisotopic (exact) mass is 130 g/mol. The highest BCUT2D eigenvalue weighted by Gasteiger charge is 2.25. The summed E-state index contributed by atoms with van der Waals surface area (Å²) in [6.07, 6.45) is 3.68. The van der Waals surface area contributed by atoms with Crippen molar-refractivity contribution in [1.82, 2.24) is 0 Å². The van der Waals surface area contributed by atoms with Gasteiger partial charge in [-0.15, -0.1) is 11.6 Å². The van der Waals surface area contributed by atoms with Crippen LogP contribution in [-0.2, 0) is 0 Å². The van der Waals surface area contributed by atoms with Gasteiger partial charge in [-0.25, -0.2) is 0 Å². The molecule has 8 heavy (non-hydrogen) atoms. The first-order valence-corrected chi connectivity index (χ1v) is 3.61. The van der Waals surface area contributed by atoms with Gasteiger partial charge in [-0.3, -0.25) is 0 Å². The average Bonchev–Trinajstić information content (AvgIpc) is 2.42. The number of hydrogen-bond donors (Lipinski definition) is 0. The Hall–Kier alpha value is 0.0300. The maximum atomic E-state index is 5.49. The van der Waals surface area contributed by atoms with E-state index in [1.54, 1.807) is 0 Å². The van der Waals surface area contributed by atoms with Crippen LogP contribution in [0.1, 0.15) is 19.3 Å². The molecule has 1 atom stereocenters. The molecule has 0 amide bonds. The summed E-state index contributed by atoms with van der Waals surface area (Å²) in [7, 11) is 0. The zero-order valence-corrected chi connectivity index (χ0v) is 5.75. The molecule has 0 bridgehead atoms. The Balaban J connectivity index is 1.97. The molecule has 1 rings (SSSR count). The molecule has 1 aliphatic carbocycles. The molecule has 0 heterocycles. The smallest absolute Gasteiger partial charge is 0.0223 e. The topological polar surface area (TPSA) is 0 Å². The molecule has 0 spiro atoms. The van der Waals surface area contributed by atoms with Gasteiger partial charge in [0.25, 0.3) is 0 Å². The van der Waals surface area contributed by atoms with Crippen molar-refractivity contribution in [2.75, 3.05) is 5.88 Å². The number of halogens is 1. The molecule has 0 aromatic carbocycles. The molecule has 1 aliphatic rings. The summed E-state index contributed by atoms with van der Waals surface area (Å²) < 4.78 is 0. The van der Waals surface area contributed by atoms with Crippen LogP contribution in [0.4, 0.5) is 0 Å². The van der Waals surface area contributed by atoms with Crippen molar-refractivity contribution in [1.29, 1.82) is 0 Å². The molecule has 0 N–H and O–H groups in total. The fourth-order valence-corrected chi connectivity index (χ4v) is 1.04. The third-order valence-corrected chi connectivity index (χ3v) is 1.88. The zero-order valence-electron chi connectivity index (χ0n) is 4.99. The molecule has 1 fully saturated rings. The maximum absolute atomic E-state index is 5.49. The van der Waals surface area contributed by atoms with E-state index >= 15 is 0 Å². The highest BCUT2D eigenvalue weighted by atomic mass is 35.5. The number of rotatable bonds is 3. The fraction of sp³-hybridized carbons (Fsp3) is 0.714. The lowest BCUT2D eigenvalue weighted by atomic mass is 10.2. The van der Waals surface area contributed by atoms with Gasteiger partial charge in [0.15, 0.2) is 0 Å². The van der Waals surface area contributed by atoms with E-state index in [1.165, 1.54) is 18.4 Å². The van der Waals surface area contributed by atoms with Gasteiger partial charge in [0.2, 0.25) is 0 Å². The Morgan fingerprint density at radius 1 is 1.75 bits per heavy atom. The third-order valence-electron chi connectivity index (χ3n) is 1.61. The number of allylic oxidation sites excluding steroid dienone is 1. The van der Waals surface area contributed by atoms with Crippen LogP contribution in [0.2, 0.25) is 0 Å². The van der Waals surface area contributed by atoms with Crippen molar-refractivity contribution in [2.24, 2.45) is 5.92 Å². The highest BCUT2D eigenvalue weighted by Crippen LogP contribution is 2.39. The van der Waals surface area contributed by atoms with Gasteiger partial charge in [0.1, 0.15) is 0 Å². The first kappa shape index (κ1) is 6.15. The molecule has 0 radical (unpaired) electrons. The predicted molar refractivity (Wildman–Crippen MR) is 37.2 cm³/mol. The van der Waals surface area contributed by atoms with Gasteiger partial charge in [-0.1, -0.05) is 12.2 Å². The van der Waals surface area contributed by atoms with Crippen LogP contribution in [0.3, 0.4) is 0 Å². The van der Waals surface area contributed by atoms with Crippen LogP contribution >= 0.6 is 11.6 Å². The normalized spacial score (nSPS) is 26.1. The van der Waals surface area contributed by atoms with Crippen molar-refractivity contribution >= 4 is 11.6 Å². The summed E-state index contributed by atoms with van der Waals surface area (Å²) in [6.45, 7) is 3.86. The van der Waals surface area contributed by atoms with Gasteiger partial charge >= 0.3 is 0 Å². The second-order valence-corrected chi connectivity index (χ2v) is 2.77. The largest absolute Gasteiger partial charge is 0.127 e. The summed E-state index contributed by atoms with van der Waals surface area (Å²) >= 11 is 5.49.